The third kappa shape index (κ3) is 6.10. The summed E-state index contributed by atoms with van der Waals surface area (Å²) in [6, 6.07) is 5.31. The van der Waals surface area contributed by atoms with Gasteiger partial charge in [-0.2, -0.15) is 0 Å². The molecular formula is C21H32ClF. The van der Waals surface area contributed by atoms with Crippen LogP contribution in [-0.2, 0) is 6.42 Å². The van der Waals surface area contributed by atoms with E-state index in [1.165, 1.54) is 77.0 Å². The summed E-state index contributed by atoms with van der Waals surface area (Å²) in [7, 11) is 0. The molecule has 0 amide bonds. The second-order valence-corrected chi connectivity index (χ2v) is 7.88. The number of halogens is 2. The first-order chi connectivity index (χ1) is 11.2. The molecule has 1 aliphatic rings. The lowest BCUT2D eigenvalue weighted by molar-refractivity contribution is 0.152. The van der Waals surface area contributed by atoms with E-state index >= 15 is 0 Å². The van der Waals surface area contributed by atoms with Gasteiger partial charge in [0.15, 0.2) is 0 Å². The predicted molar refractivity (Wildman–Crippen MR) is 98.6 cm³/mol. The first kappa shape index (κ1) is 18.8. The molecule has 0 nitrogen and oxygen atoms in total. The molecule has 0 aliphatic heterocycles. The van der Waals surface area contributed by atoms with Crippen LogP contribution in [0.2, 0.25) is 5.02 Å². The van der Waals surface area contributed by atoms with Gasteiger partial charge in [0.1, 0.15) is 5.82 Å². The van der Waals surface area contributed by atoms with Crippen LogP contribution in [0.3, 0.4) is 0 Å². The van der Waals surface area contributed by atoms with Crippen molar-refractivity contribution in [3.8, 4) is 0 Å². The number of benzene rings is 1. The average molecular weight is 339 g/mol. The van der Waals surface area contributed by atoms with E-state index < -0.39 is 0 Å². The highest BCUT2D eigenvalue weighted by molar-refractivity contribution is 6.30. The van der Waals surface area contributed by atoms with Gasteiger partial charge in [0.25, 0.3) is 0 Å². The highest BCUT2D eigenvalue weighted by Gasteiger charge is 2.30. The van der Waals surface area contributed by atoms with Gasteiger partial charge in [0.05, 0.1) is 5.02 Å². The molecule has 130 valence electrons. The zero-order valence-electron chi connectivity index (χ0n) is 14.7. The molecule has 1 aliphatic carbocycles. The first-order valence-corrected chi connectivity index (χ1v) is 9.97. The zero-order valence-corrected chi connectivity index (χ0v) is 15.4. The molecular weight excluding hydrogens is 307 g/mol. The molecule has 2 rings (SSSR count). The van der Waals surface area contributed by atoms with Gasteiger partial charge in [0.2, 0.25) is 0 Å². The van der Waals surface area contributed by atoms with E-state index in [-0.39, 0.29) is 10.8 Å². The third-order valence-electron chi connectivity index (χ3n) is 5.65. The second-order valence-electron chi connectivity index (χ2n) is 7.47. The Morgan fingerprint density at radius 2 is 1.74 bits per heavy atom. The summed E-state index contributed by atoms with van der Waals surface area (Å²) in [5, 5.41) is 0.233. The first-order valence-electron chi connectivity index (χ1n) is 9.59. The predicted octanol–water partition coefficient (Wildman–Crippen LogP) is 7.72. The van der Waals surface area contributed by atoms with Gasteiger partial charge in [-0.15, -0.1) is 0 Å². The van der Waals surface area contributed by atoms with Gasteiger partial charge in [-0.1, -0.05) is 76.0 Å². The SMILES string of the molecule is CCCCCCCC1(CCc2ccc(Cl)c(F)c2)CCCCC1. The Hall–Kier alpha value is -0.560. The maximum Gasteiger partial charge on any atom is 0.142 e. The average Bonchev–Trinajstić information content (AvgIpc) is 2.57. The quantitative estimate of drug-likeness (QED) is 0.404. The molecule has 0 N–H and O–H groups in total. The number of unbranched alkanes of at least 4 members (excludes halogenated alkanes) is 4. The van der Waals surface area contributed by atoms with Crippen LogP contribution in [-0.4, -0.2) is 0 Å². The van der Waals surface area contributed by atoms with Gasteiger partial charge in [-0.25, -0.2) is 4.39 Å². The molecule has 1 aromatic carbocycles. The molecule has 0 spiro atoms. The molecule has 0 heterocycles. The molecule has 0 bridgehead atoms. The molecule has 0 aromatic heterocycles. The van der Waals surface area contributed by atoms with Crippen molar-refractivity contribution in [2.75, 3.05) is 0 Å². The maximum atomic E-state index is 13.6. The molecule has 1 fully saturated rings. The van der Waals surface area contributed by atoms with Crippen molar-refractivity contribution in [1.82, 2.24) is 0 Å². The van der Waals surface area contributed by atoms with Crippen LogP contribution >= 0.6 is 11.6 Å². The van der Waals surface area contributed by atoms with E-state index in [1.54, 1.807) is 12.1 Å². The van der Waals surface area contributed by atoms with Crippen LogP contribution in [0.4, 0.5) is 4.39 Å². The Morgan fingerprint density at radius 1 is 1.00 bits per heavy atom. The van der Waals surface area contributed by atoms with Crippen LogP contribution in [0.15, 0.2) is 18.2 Å². The Morgan fingerprint density at radius 3 is 2.43 bits per heavy atom. The van der Waals surface area contributed by atoms with Crippen molar-refractivity contribution >= 4 is 11.6 Å². The smallest absolute Gasteiger partial charge is 0.142 e. The summed E-state index contributed by atoms with van der Waals surface area (Å²) >= 11 is 5.79. The fourth-order valence-corrected chi connectivity index (χ4v) is 4.25. The fraction of sp³-hybridized carbons (Fsp3) is 0.714. The van der Waals surface area contributed by atoms with Crippen LogP contribution < -0.4 is 0 Å². The van der Waals surface area contributed by atoms with Crippen molar-refractivity contribution in [3.63, 3.8) is 0 Å². The normalized spacial score (nSPS) is 17.3. The Balaban J connectivity index is 1.88. The Bertz CT molecular complexity index is 463. The lowest BCUT2D eigenvalue weighted by Gasteiger charge is -2.38. The number of hydrogen-bond acceptors (Lipinski definition) is 0. The van der Waals surface area contributed by atoms with Crippen molar-refractivity contribution < 1.29 is 4.39 Å². The van der Waals surface area contributed by atoms with Crippen LogP contribution in [0.25, 0.3) is 0 Å². The standard InChI is InChI=1S/C21H32ClF/c1-2-3-4-5-7-13-21(14-8-6-9-15-21)16-12-18-10-11-19(22)20(23)17-18/h10-11,17H,2-9,12-16H2,1H3. The van der Waals surface area contributed by atoms with Crippen molar-refractivity contribution in [2.45, 2.75) is 90.4 Å². The van der Waals surface area contributed by atoms with Crippen molar-refractivity contribution in [1.29, 1.82) is 0 Å². The van der Waals surface area contributed by atoms with Crippen molar-refractivity contribution in [2.24, 2.45) is 5.41 Å². The minimum atomic E-state index is -0.276. The summed E-state index contributed by atoms with van der Waals surface area (Å²) < 4.78 is 13.6. The minimum Gasteiger partial charge on any atom is -0.205 e. The van der Waals surface area contributed by atoms with Gasteiger partial charge in [-0.05, 0) is 55.2 Å². The van der Waals surface area contributed by atoms with Crippen molar-refractivity contribution in [3.05, 3.63) is 34.6 Å². The lowest BCUT2D eigenvalue weighted by Crippen LogP contribution is -2.25. The van der Waals surface area contributed by atoms with E-state index in [4.69, 9.17) is 11.6 Å². The highest BCUT2D eigenvalue weighted by Crippen LogP contribution is 2.44. The van der Waals surface area contributed by atoms with E-state index in [2.05, 4.69) is 6.92 Å². The summed E-state index contributed by atoms with van der Waals surface area (Å²) in [4.78, 5) is 0. The summed E-state index contributed by atoms with van der Waals surface area (Å²) in [5.41, 5.74) is 1.61. The topological polar surface area (TPSA) is 0 Å². The molecule has 1 aromatic rings. The lowest BCUT2D eigenvalue weighted by atomic mass is 9.68. The summed E-state index contributed by atoms with van der Waals surface area (Å²) in [6.07, 6.45) is 17.3. The van der Waals surface area contributed by atoms with E-state index in [0.29, 0.717) is 5.41 Å². The van der Waals surface area contributed by atoms with Gasteiger partial charge in [0, 0.05) is 0 Å². The minimum absolute atomic E-state index is 0.233. The zero-order chi connectivity index (χ0) is 16.5. The van der Waals surface area contributed by atoms with Crippen LogP contribution in [0, 0.1) is 11.2 Å². The molecule has 0 radical (unpaired) electrons. The summed E-state index contributed by atoms with van der Waals surface area (Å²) in [6.45, 7) is 2.27. The molecule has 0 atom stereocenters. The Kier molecular flexibility index (Phi) is 7.89. The number of hydrogen-bond donors (Lipinski definition) is 0. The van der Waals surface area contributed by atoms with E-state index in [1.807, 2.05) is 6.07 Å². The highest BCUT2D eigenvalue weighted by atomic mass is 35.5. The number of rotatable bonds is 9. The number of aryl methyl sites for hydroxylation is 1. The monoisotopic (exact) mass is 338 g/mol. The van der Waals surface area contributed by atoms with E-state index in [0.717, 1.165) is 12.0 Å². The second kappa shape index (κ2) is 9.67. The largest absolute Gasteiger partial charge is 0.205 e. The third-order valence-corrected chi connectivity index (χ3v) is 5.96. The Labute approximate surface area is 146 Å². The molecule has 2 heteroatoms. The van der Waals surface area contributed by atoms with Crippen LogP contribution in [0.1, 0.15) is 89.5 Å². The van der Waals surface area contributed by atoms with E-state index in [9.17, 15) is 4.39 Å². The summed E-state index contributed by atoms with van der Waals surface area (Å²) in [5.74, 6) is -0.276. The van der Waals surface area contributed by atoms with Gasteiger partial charge < -0.3 is 0 Å². The maximum absolute atomic E-state index is 13.6. The van der Waals surface area contributed by atoms with Crippen LogP contribution in [0.5, 0.6) is 0 Å². The molecule has 23 heavy (non-hydrogen) atoms. The molecule has 0 saturated heterocycles. The molecule has 0 unspecified atom stereocenters. The van der Waals surface area contributed by atoms with Gasteiger partial charge >= 0.3 is 0 Å². The van der Waals surface area contributed by atoms with Gasteiger partial charge in [-0.3, -0.25) is 0 Å². The molecule has 1 saturated carbocycles. The fourth-order valence-electron chi connectivity index (χ4n) is 4.13.